The highest BCUT2D eigenvalue weighted by Gasteiger charge is 2.19. The highest BCUT2D eigenvalue weighted by atomic mass is 16.4. The zero-order chi connectivity index (χ0) is 11.1. The lowest BCUT2D eigenvalue weighted by atomic mass is 10.0. The summed E-state index contributed by atoms with van der Waals surface area (Å²) < 4.78 is 6.64. The molecule has 0 heterocycles. The molecule has 1 amide bonds. The zero-order valence-electron chi connectivity index (χ0n) is 8.78. The van der Waals surface area contributed by atoms with E-state index in [9.17, 15) is 9.59 Å². The number of carboxylic acids is 1. The number of hydrogen-bond acceptors (Lipinski definition) is 2. The first-order valence-electron chi connectivity index (χ1n) is 4.63. The first kappa shape index (κ1) is 9.77. The van der Waals surface area contributed by atoms with Crippen molar-refractivity contribution >= 4 is 11.9 Å². The molecule has 4 nitrogen and oxygen atoms in total. The summed E-state index contributed by atoms with van der Waals surface area (Å²) in [7, 11) is 0. The minimum atomic E-state index is -1.05. The molecule has 0 rings (SSSR count). The van der Waals surface area contributed by atoms with Gasteiger partial charge in [-0.15, -0.1) is 0 Å². The van der Waals surface area contributed by atoms with Crippen LogP contribution in [0, 0.1) is 5.92 Å². The molecule has 1 atom stereocenters. The number of carboxylic acid groups (broad SMARTS) is 1. The van der Waals surface area contributed by atoms with Gasteiger partial charge in [0.05, 0.1) is 1.37 Å². The topological polar surface area (TPSA) is 66.4 Å². The summed E-state index contributed by atoms with van der Waals surface area (Å²) in [6.07, 6.45) is 1.36. The Hall–Kier alpha value is -1.32. The maximum absolute atomic E-state index is 11.0. The summed E-state index contributed by atoms with van der Waals surface area (Å²) in [5.74, 6) is -1.41. The quantitative estimate of drug-likeness (QED) is 0.624. The second kappa shape index (κ2) is 5.35. The molecule has 0 aromatic rings. The van der Waals surface area contributed by atoms with Crippen molar-refractivity contribution in [2.24, 2.45) is 5.92 Å². The Labute approximate surface area is 79.0 Å². The maximum Gasteiger partial charge on any atom is 0.326 e. The molecule has 2 N–H and O–H groups in total. The van der Waals surface area contributed by atoms with Crippen LogP contribution in [0.25, 0.3) is 0 Å². The van der Waals surface area contributed by atoms with Crippen LogP contribution in [-0.4, -0.2) is 23.0 Å². The molecule has 0 bridgehead atoms. The van der Waals surface area contributed by atoms with Crippen molar-refractivity contribution in [2.45, 2.75) is 26.3 Å². The summed E-state index contributed by atoms with van der Waals surface area (Å²) in [6, 6.07) is -0.876. The van der Waals surface area contributed by atoms with Crippen LogP contribution in [0.1, 0.15) is 21.6 Å². The third-order valence-corrected chi connectivity index (χ3v) is 1.47. The number of rotatable bonds is 5. The monoisotopic (exact) mass is 186 g/mol. The van der Waals surface area contributed by atoms with Crippen molar-refractivity contribution < 1.29 is 16.1 Å². The summed E-state index contributed by atoms with van der Waals surface area (Å²) in [5, 5.41) is 11.1. The average Bonchev–Trinajstić information content (AvgIpc) is 2.02. The smallest absolute Gasteiger partial charge is 0.326 e. The van der Waals surface area contributed by atoms with Crippen LogP contribution in [0.3, 0.4) is 0 Å². The van der Waals surface area contributed by atoms with Gasteiger partial charge in [0.1, 0.15) is 6.04 Å². The number of nitrogens with one attached hydrogen (secondary N) is 1. The minimum absolute atomic E-state index is 0.191. The summed E-state index contributed by atoms with van der Waals surface area (Å²) in [6.45, 7) is 4.58. The molecule has 0 spiro atoms. The third-order valence-electron chi connectivity index (χ3n) is 1.47. The van der Waals surface area contributed by atoms with Gasteiger partial charge in [-0.3, -0.25) is 4.79 Å². The molecular weight excluding hydrogens is 170 g/mol. The van der Waals surface area contributed by atoms with E-state index in [1.54, 1.807) is 0 Å². The van der Waals surface area contributed by atoms with Gasteiger partial charge in [0.25, 0.3) is 0 Å². The molecule has 0 aromatic heterocycles. The van der Waals surface area contributed by atoms with Gasteiger partial charge >= 0.3 is 5.97 Å². The Kier molecular flexibility index (Phi) is 4.02. The van der Waals surface area contributed by atoms with Crippen LogP contribution in [-0.2, 0) is 9.59 Å². The fourth-order valence-corrected chi connectivity index (χ4v) is 0.913. The molecule has 4 heteroatoms. The predicted molar refractivity (Wildman–Crippen MR) is 49.2 cm³/mol. The molecule has 0 aliphatic carbocycles. The Morgan fingerprint density at radius 1 is 1.69 bits per heavy atom. The second-order valence-corrected chi connectivity index (χ2v) is 3.20. The van der Waals surface area contributed by atoms with Gasteiger partial charge in [0.2, 0.25) is 5.91 Å². The molecule has 0 aliphatic heterocycles. The number of aliphatic carboxylic acids is 1. The number of carbonyl (C=O) groups excluding carboxylic acids is 1. The van der Waals surface area contributed by atoms with Gasteiger partial charge in [0.15, 0.2) is 0 Å². The minimum Gasteiger partial charge on any atom is -0.480 e. The zero-order valence-corrected chi connectivity index (χ0v) is 7.78. The Morgan fingerprint density at radius 2 is 2.31 bits per heavy atom. The molecule has 0 saturated carbocycles. The van der Waals surface area contributed by atoms with E-state index in [0.717, 1.165) is 12.6 Å². The second-order valence-electron chi connectivity index (χ2n) is 3.20. The summed E-state index contributed by atoms with van der Waals surface area (Å²) in [5.41, 5.74) is 0. The lowest BCUT2D eigenvalue weighted by Crippen LogP contribution is -2.40. The van der Waals surface area contributed by atoms with Gasteiger partial charge in [-0.05, 0) is 18.4 Å². The van der Waals surface area contributed by atoms with Crippen LogP contribution in [0.5, 0.6) is 0 Å². The van der Waals surface area contributed by atoms with E-state index >= 15 is 0 Å². The predicted octanol–water partition coefficient (Wildman–Crippen LogP) is 0.788. The van der Waals surface area contributed by atoms with Gasteiger partial charge in [-0.2, -0.15) is 0 Å². The van der Waals surface area contributed by atoms with E-state index < -0.39 is 17.9 Å². The number of amides is 1. The fourth-order valence-electron chi connectivity index (χ4n) is 0.913. The lowest BCUT2D eigenvalue weighted by molar-refractivity contribution is -0.141. The summed E-state index contributed by atoms with van der Waals surface area (Å²) >= 11 is 0. The van der Waals surface area contributed by atoms with Gasteiger partial charge in [0, 0.05) is 0 Å². The van der Waals surface area contributed by atoms with Crippen molar-refractivity contribution in [3.05, 3.63) is 12.6 Å². The van der Waals surface area contributed by atoms with Crippen molar-refractivity contribution in [1.29, 1.82) is 0 Å². The van der Waals surface area contributed by atoms with E-state index in [2.05, 4.69) is 5.32 Å². The molecule has 0 radical (unpaired) electrons. The van der Waals surface area contributed by atoms with Gasteiger partial charge < -0.3 is 10.4 Å². The molecule has 0 fully saturated rings. The third kappa shape index (κ3) is 5.00. The van der Waals surface area contributed by atoms with Crippen molar-refractivity contribution in [1.82, 2.24) is 5.32 Å². The van der Waals surface area contributed by atoms with Crippen LogP contribution in [0.15, 0.2) is 12.6 Å². The van der Waals surface area contributed by atoms with E-state index in [4.69, 9.17) is 6.48 Å². The number of carbonyl (C=O) groups is 2. The van der Waals surface area contributed by atoms with Gasteiger partial charge in [-0.1, -0.05) is 20.4 Å². The molecule has 0 saturated heterocycles. The van der Waals surface area contributed by atoms with Crippen LogP contribution >= 0.6 is 0 Å². The van der Waals surface area contributed by atoms with Crippen molar-refractivity contribution in [3.8, 4) is 0 Å². The fraction of sp³-hybridized carbons (Fsp3) is 0.556. The van der Waals surface area contributed by atoms with E-state index in [1.807, 2.05) is 13.8 Å². The first-order valence-corrected chi connectivity index (χ1v) is 4.05. The van der Waals surface area contributed by atoms with Crippen LogP contribution in [0.2, 0.25) is 0 Å². The molecule has 13 heavy (non-hydrogen) atoms. The molecule has 0 unspecified atom stereocenters. The van der Waals surface area contributed by atoms with E-state index in [-0.39, 0.29) is 5.92 Å². The van der Waals surface area contributed by atoms with Crippen LogP contribution < -0.4 is 5.32 Å². The Balaban J connectivity index is 4.23. The van der Waals surface area contributed by atoms with E-state index in [1.165, 1.54) is 0 Å². The average molecular weight is 186 g/mol. The largest absolute Gasteiger partial charge is 0.480 e. The highest BCUT2D eigenvalue weighted by molar-refractivity contribution is 5.90. The maximum atomic E-state index is 11.0. The lowest BCUT2D eigenvalue weighted by Gasteiger charge is -2.14. The molecule has 0 aromatic carbocycles. The normalized spacial score (nSPS) is 14.2. The van der Waals surface area contributed by atoms with Crippen molar-refractivity contribution in [3.63, 3.8) is 0 Å². The highest BCUT2D eigenvalue weighted by Crippen LogP contribution is 2.04. The van der Waals surface area contributed by atoms with Crippen LogP contribution in [0.4, 0.5) is 0 Å². The van der Waals surface area contributed by atoms with Crippen molar-refractivity contribution in [2.75, 3.05) is 0 Å². The Bertz CT molecular complexity index is 238. The van der Waals surface area contributed by atoms with E-state index in [0.29, 0.717) is 6.42 Å². The molecule has 0 aliphatic rings. The first-order chi connectivity index (χ1) is 6.47. The van der Waals surface area contributed by atoms with Gasteiger partial charge in [-0.25, -0.2) is 4.79 Å². The Morgan fingerprint density at radius 3 is 2.69 bits per heavy atom. The molecule has 74 valence electrons. The SMILES string of the molecule is [2H]C=CC(=O)N[C@@H](CC(C)C)C(=O)O. The molecular formula is C9H15NO3. The standard InChI is InChI=1S/C9H15NO3/c1-4-8(11)10-7(9(12)13)5-6(2)3/h4,6-7H,1,5H2,2-3H3,(H,10,11)(H,12,13)/t7-/m0/s1/i1D. The summed E-state index contributed by atoms with van der Waals surface area (Å²) in [4.78, 5) is 21.6. The number of hydrogen-bond donors (Lipinski definition) is 2.